The zero-order chi connectivity index (χ0) is 15.4. The third kappa shape index (κ3) is 2.90. The van der Waals surface area contributed by atoms with Crippen molar-refractivity contribution in [1.29, 1.82) is 0 Å². The van der Waals surface area contributed by atoms with Crippen molar-refractivity contribution in [2.24, 2.45) is 0 Å². The Labute approximate surface area is 125 Å². The number of nitrogens with one attached hydrogen (secondary N) is 1. The smallest absolute Gasteiger partial charge is 0.258 e. The van der Waals surface area contributed by atoms with Gasteiger partial charge in [-0.2, -0.15) is 0 Å². The average molecular weight is 294 g/mol. The molecule has 0 aromatic heterocycles. The number of nitrogens with zero attached hydrogens (tertiary/aromatic N) is 1. The Morgan fingerprint density at radius 1 is 1.19 bits per heavy atom. The molecule has 116 valence electrons. The molecule has 0 bridgehead atoms. The molecule has 1 atom stereocenters. The van der Waals surface area contributed by atoms with Crippen LogP contribution in [-0.4, -0.2) is 57.8 Å². The summed E-state index contributed by atoms with van der Waals surface area (Å²) in [4.78, 5) is 14.6. The maximum Gasteiger partial charge on any atom is 0.258 e. The van der Waals surface area contributed by atoms with E-state index in [1.54, 1.807) is 19.2 Å². The Bertz CT molecular complexity index is 519. The molecule has 0 spiro atoms. The van der Waals surface area contributed by atoms with Crippen molar-refractivity contribution < 1.29 is 19.0 Å². The molecule has 0 aliphatic carbocycles. The van der Waals surface area contributed by atoms with Crippen molar-refractivity contribution in [1.82, 2.24) is 10.2 Å². The van der Waals surface area contributed by atoms with Crippen molar-refractivity contribution >= 4 is 5.91 Å². The fraction of sp³-hybridized carbons (Fsp3) is 0.533. The minimum atomic E-state index is -0.0539. The van der Waals surface area contributed by atoms with Gasteiger partial charge in [0.25, 0.3) is 5.91 Å². The first-order chi connectivity index (χ1) is 10.1. The lowest BCUT2D eigenvalue weighted by atomic mass is 10.1. The second kappa shape index (κ2) is 6.67. The van der Waals surface area contributed by atoms with E-state index < -0.39 is 0 Å². The predicted octanol–water partition coefficient (Wildman–Crippen LogP) is 1.15. The summed E-state index contributed by atoms with van der Waals surface area (Å²) >= 11 is 0. The summed E-state index contributed by atoms with van der Waals surface area (Å²) in [5.41, 5.74) is 0.490. The van der Waals surface area contributed by atoms with E-state index in [1.165, 1.54) is 14.2 Å². The SMILES string of the molecule is COc1ccc(C(=O)N2CCNC[C@@H]2C)c(OC)c1OC. The first-order valence-corrected chi connectivity index (χ1v) is 6.94. The Kier molecular flexibility index (Phi) is 4.90. The molecule has 1 saturated heterocycles. The molecule has 1 amide bonds. The van der Waals surface area contributed by atoms with Crippen LogP contribution in [0.4, 0.5) is 0 Å². The van der Waals surface area contributed by atoms with Gasteiger partial charge in [-0.05, 0) is 19.1 Å². The van der Waals surface area contributed by atoms with E-state index in [9.17, 15) is 4.79 Å². The zero-order valence-electron chi connectivity index (χ0n) is 12.9. The number of piperazine rings is 1. The van der Waals surface area contributed by atoms with Gasteiger partial charge in [-0.1, -0.05) is 0 Å². The molecule has 21 heavy (non-hydrogen) atoms. The number of benzene rings is 1. The fourth-order valence-electron chi connectivity index (χ4n) is 2.57. The first kappa shape index (κ1) is 15.4. The topological polar surface area (TPSA) is 60.0 Å². The summed E-state index contributed by atoms with van der Waals surface area (Å²) in [6, 6.07) is 3.59. The van der Waals surface area contributed by atoms with E-state index >= 15 is 0 Å². The molecule has 1 heterocycles. The van der Waals surface area contributed by atoms with E-state index in [0.717, 1.165) is 13.1 Å². The quantitative estimate of drug-likeness (QED) is 0.902. The van der Waals surface area contributed by atoms with Crippen molar-refractivity contribution in [3.05, 3.63) is 17.7 Å². The minimum absolute atomic E-state index is 0.0539. The van der Waals surface area contributed by atoms with Crippen LogP contribution in [0.1, 0.15) is 17.3 Å². The summed E-state index contributed by atoms with van der Waals surface area (Å²) in [7, 11) is 4.61. The van der Waals surface area contributed by atoms with Crippen molar-refractivity contribution in [3.8, 4) is 17.2 Å². The average Bonchev–Trinajstić information content (AvgIpc) is 2.52. The highest BCUT2D eigenvalue weighted by molar-refractivity contribution is 5.98. The molecule has 6 heteroatoms. The second-order valence-corrected chi connectivity index (χ2v) is 4.93. The lowest BCUT2D eigenvalue weighted by Crippen LogP contribution is -2.52. The molecule has 0 radical (unpaired) electrons. The van der Waals surface area contributed by atoms with Crippen LogP contribution in [0.15, 0.2) is 12.1 Å². The van der Waals surface area contributed by atoms with Gasteiger partial charge in [-0.3, -0.25) is 4.79 Å². The van der Waals surface area contributed by atoms with Gasteiger partial charge < -0.3 is 24.4 Å². The van der Waals surface area contributed by atoms with E-state index in [4.69, 9.17) is 14.2 Å². The Hall–Kier alpha value is -1.95. The van der Waals surface area contributed by atoms with Gasteiger partial charge >= 0.3 is 0 Å². The van der Waals surface area contributed by atoms with Crippen molar-refractivity contribution in [3.63, 3.8) is 0 Å². The van der Waals surface area contributed by atoms with Crippen LogP contribution in [0, 0.1) is 0 Å². The van der Waals surface area contributed by atoms with Gasteiger partial charge in [0.2, 0.25) is 5.75 Å². The van der Waals surface area contributed by atoms with Crippen LogP contribution in [0.25, 0.3) is 0 Å². The van der Waals surface area contributed by atoms with Crippen molar-refractivity contribution in [2.45, 2.75) is 13.0 Å². The molecule has 0 saturated carbocycles. The summed E-state index contributed by atoms with van der Waals surface area (Å²) in [6.45, 7) is 4.29. The van der Waals surface area contributed by atoms with Crippen LogP contribution < -0.4 is 19.5 Å². The van der Waals surface area contributed by atoms with Crippen LogP contribution in [0.5, 0.6) is 17.2 Å². The summed E-state index contributed by atoms with van der Waals surface area (Å²) in [5, 5.41) is 3.27. The van der Waals surface area contributed by atoms with Gasteiger partial charge in [0.15, 0.2) is 11.5 Å². The number of amides is 1. The monoisotopic (exact) mass is 294 g/mol. The molecule has 1 fully saturated rings. The van der Waals surface area contributed by atoms with E-state index in [2.05, 4.69) is 5.32 Å². The Balaban J connectivity index is 2.40. The highest BCUT2D eigenvalue weighted by Gasteiger charge is 2.28. The normalized spacial score (nSPS) is 18.3. The lowest BCUT2D eigenvalue weighted by Gasteiger charge is -2.34. The highest BCUT2D eigenvalue weighted by Crippen LogP contribution is 2.40. The molecule has 1 aliphatic heterocycles. The van der Waals surface area contributed by atoms with Crippen LogP contribution >= 0.6 is 0 Å². The fourth-order valence-corrected chi connectivity index (χ4v) is 2.57. The van der Waals surface area contributed by atoms with Gasteiger partial charge in [-0.25, -0.2) is 0 Å². The third-order valence-electron chi connectivity index (χ3n) is 3.70. The molecule has 1 N–H and O–H groups in total. The summed E-state index contributed by atoms with van der Waals surface area (Å²) in [5.74, 6) is 1.34. The standard InChI is InChI=1S/C15H22N2O4/c1-10-9-16-7-8-17(10)15(18)11-5-6-12(19-2)14(21-4)13(11)20-3/h5-6,10,16H,7-9H2,1-4H3/t10-/m0/s1. The summed E-state index contributed by atoms with van der Waals surface area (Å²) < 4.78 is 16.0. The molecular formula is C15H22N2O4. The molecule has 0 unspecified atom stereocenters. The van der Waals surface area contributed by atoms with Gasteiger partial charge in [-0.15, -0.1) is 0 Å². The zero-order valence-corrected chi connectivity index (χ0v) is 12.9. The van der Waals surface area contributed by atoms with E-state index in [1.807, 2.05) is 11.8 Å². The molecule has 2 rings (SSSR count). The first-order valence-electron chi connectivity index (χ1n) is 6.94. The molecule has 1 aromatic rings. The van der Waals surface area contributed by atoms with Gasteiger partial charge in [0.1, 0.15) is 0 Å². The number of carbonyl (C=O) groups is 1. The predicted molar refractivity (Wildman–Crippen MR) is 79.5 cm³/mol. The Morgan fingerprint density at radius 3 is 2.48 bits per heavy atom. The number of ether oxygens (including phenoxy) is 3. The number of carbonyl (C=O) groups excluding carboxylic acids is 1. The third-order valence-corrected chi connectivity index (χ3v) is 3.70. The Morgan fingerprint density at radius 2 is 1.90 bits per heavy atom. The second-order valence-electron chi connectivity index (χ2n) is 4.93. The minimum Gasteiger partial charge on any atom is -0.493 e. The largest absolute Gasteiger partial charge is 0.493 e. The van der Waals surface area contributed by atoms with Gasteiger partial charge in [0.05, 0.1) is 26.9 Å². The number of rotatable bonds is 4. The van der Waals surface area contributed by atoms with E-state index in [0.29, 0.717) is 29.4 Å². The maximum absolute atomic E-state index is 12.8. The van der Waals surface area contributed by atoms with Crippen molar-refractivity contribution in [2.75, 3.05) is 41.0 Å². The molecular weight excluding hydrogens is 272 g/mol. The number of methoxy groups -OCH3 is 3. The number of hydrogen-bond donors (Lipinski definition) is 1. The van der Waals surface area contributed by atoms with Crippen LogP contribution in [0.3, 0.4) is 0 Å². The van der Waals surface area contributed by atoms with Gasteiger partial charge in [0, 0.05) is 25.7 Å². The van der Waals surface area contributed by atoms with E-state index in [-0.39, 0.29) is 11.9 Å². The molecule has 1 aliphatic rings. The molecule has 1 aromatic carbocycles. The maximum atomic E-state index is 12.8. The molecule has 6 nitrogen and oxygen atoms in total. The number of hydrogen-bond acceptors (Lipinski definition) is 5. The highest BCUT2D eigenvalue weighted by atomic mass is 16.5. The lowest BCUT2D eigenvalue weighted by molar-refractivity contribution is 0.0651. The summed E-state index contributed by atoms with van der Waals surface area (Å²) in [6.07, 6.45) is 0. The van der Waals surface area contributed by atoms with Crippen LogP contribution in [-0.2, 0) is 0 Å². The van der Waals surface area contributed by atoms with Crippen LogP contribution in [0.2, 0.25) is 0 Å².